The number of ether oxygens (including phenoxy) is 1. The maximum Gasteiger partial charge on any atom is 0.277 e. The van der Waals surface area contributed by atoms with Crippen molar-refractivity contribution < 1.29 is 4.74 Å². The predicted molar refractivity (Wildman–Crippen MR) is 89.8 cm³/mol. The van der Waals surface area contributed by atoms with Crippen molar-refractivity contribution in [2.45, 2.75) is 26.8 Å². The molecule has 1 aromatic heterocycles. The molecule has 0 spiro atoms. The summed E-state index contributed by atoms with van der Waals surface area (Å²) in [6.07, 6.45) is 0.694. The molecule has 0 saturated heterocycles. The van der Waals surface area contributed by atoms with Gasteiger partial charge in [-0.05, 0) is 49.2 Å². The summed E-state index contributed by atoms with van der Waals surface area (Å²) < 4.78 is 7.15. The fourth-order valence-corrected chi connectivity index (χ4v) is 2.59. The predicted octanol–water partition coefficient (Wildman–Crippen LogP) is 2.88. The van der Waals surface area contributed by atoms with Crippen molar-refractivity contribution in [3.8, 4) is 5.75 Å². The van der Waals surface area contributed by atoms with Gasteiger partial charge in [0.2, 0.25) is 0 Å². The molecule has 0 atom stereocenters. The van der Waals surface area contributed by atoms with Crippen molar-refractivity contribution >= 4 is 10.9 Å². The molecule has 1 heterocycles. The van der Waals surface area contributed by atoms with Gasteiger partial charge in [-0.1, -0.05) is 23.4 Å². The highest BCUT2D eigenvalue weighted by atomic mass is 16.5. The van der Waals surface area contributed by atoms with E-state index in [1.54, 1.807) is 12.1 Å². The van der Waals surface area contributed by atoms with E-state index in [-0.39, 0.29) is 5.56 Å². The number of benzene rings is 2. The van der Waals surface area contributed by atoms with Crippen molar-refractivity contribution in [2.24, 2.45) is 0 Å². The lowest BCUT2D eigenvalue weighted by Gasteiger charge is -2.09. The molecule has 0 amide bonds. The summed E-state index contributed by atoms with van der Waals surface area (Å²) in [6.45, 7) is 5.11. The second-order valence-electron chi connectivity index (χ2n) is 5.66. The summed E-state index contributed by atoms with van der Waals surface area (Å²) in [4.78, 5) is 12.3. The van der Waals surface area contributed by atoms with E-state index in [1.165, 1.54) is 15.8 Å². The molecule has 23 heavy (non-hydrogen) atoms. The maximum atomic E-state index is 12.3. The van der Waals surface area contributed by atoms with E-state index in [1.807, 2.05) is 38.1 Å². The van der Waals surface area contributed by atoms with E-state index in [9.17, 15) is 4.79 Å². The van der Waals surface area contributed by atoms with E-state index in [2.05, 4.69) is 16.4 Å². The van der Waals surface area contributed by atoms with E-state index in [0.717, 1.165) is 5.75 Å². The van der Waals surface area contributed by atoms with Crippen LogP contribution >= 0.6 is 0 Å². The molecule has 0 fully saturated rings. The van der Waals surface area contributed by atoms with Crippen molar-refractivity contribution in [3.63, 3.8) is 0 Å². The summed E-state index contributed by atoms with van der Waals surface area (Å²) >= 11 is 0. The molecule has 3 rings (SSSR count). The van der Waals surface area contributed by atoms with Crippen LogP contribution in [-0.4, -0.2) is 21.6 Å². The Morgan fingerprint density at radius 1 is 1.09 bits per heavy atom. The van der Waals surface area contributed by atoms with Gasteiger partial charge in [-0.3, -0.25) is 4.79 Å². The number of rotatable bonds is 5. The Morgan fingerprint density at radius 2 is 1.83 bits per heavy atom. The monoisotopic (exact) mass is 309 g/mol. The molecule has 0 aliphatic carbocycles. The first kappa shape index (κ1) is 15.2. The zero-order valence-corrected chi connectivity index (χ0v) is 13.3. The van der Waals surface area contributed by atoms with Crippen LogP contribution in [0.2, 0.25) is 0 Å². The first-order valence-corrected chi connectivity index (χ1v) is 7.67. The number of aromatic nitrogens is 3. The highest BCUT2D eigenvalue weighted by molar-refractivity contribution is 5.76. The Morgan fingerprint density at radius 3 is 2.61 bits per heavy atom. The van der Waals surface area contributed by atoms with Crippen LogP contribution in [-0.2, 0) is 6.54 Å². The van der Waals surface area contributed by atoms with E-state index in [0.29, 0.717) is 30.5 Å². The summed E-state index contributed by atoms with van der Waals surface area (Å²) in [5.74, 6) is 0.861. The number of hydrogen-bond donors (Lipinski definition) is 0. The molecule has 118 valence electrons. The Kier molecular flexibility index (Phi) is 4.37. The smallest absolute Gasteiger partial charge is 0.277 e. The van der Waals surface area contributed by atoms with Crippen LogP contribution in [0.5, 0.6) is 5.75 Å². The van der Waals surface area contributed by atoms with Gasteiger partial charge in [0, 0.05) is 13.0 Å². The first-order valence-electron chi connectivity index (χ1n) is 7.67. The fraction of sp³-hybridized carbons (Fsp3) is 0.278. The minimum Gasteiger partial charge on any atom is -0.494 e. The number of nitrogens with zero attached hydrogens (tertiary/aromatic N) is 3. The van der Waals surface area contributed by atoms with Crippen LogP contribution < -0.4 is 10.3 Å². The van der Waals surface area contributed by atoms with Crippen LogP contribution in [0.3, 0.4) is 0 Å². The van der Waals surface area contributed by atoms with Gasteiger partial charge in [0.15, 0.2) is 0 Å². The largest absolute Gasteiger partial charge is 0.494 e. The number of aryl methyl sites for hydroxylation is 3. The third kappa shape index (κ3) is 3.56. The molecule has 0 aliphatic heterocycles. The quantitative estimate of drug-likeness (QED) is 0.680. The average molecular weight is 309 g/mol. The minimum atomic E-state index is -0.109. The normalized spacial score (nSPS) is 10.9. The van der Waals surface area contributed by atoms with Gasteiger partial charge in [-0.2, -0.15) is 0 Å². The maximum absolute atomic E-state index is 12.3. The summed E-state index contributed by atoms with van der Waals surface area (Å²) in [5.41, 5.74) is 2.87. The highest BCUT2D eigenvalue weighted by Gasteiger charge is 2.04. The van der Waals surface area contributed by atoms with Crippen molar-refractivity contribution in [3.05, 3.63) is 63.9 Å². The fourth-order valence-electron chi connectivity index (χ4n) is 2.59. The SMILES string of the molecule is Cc1cc(C)cc(OCCCn2nnc3ccccc3c2=O)c1. The van der Waals surface area contributed by atoms with Crippen molar-refractivity contribution in [1.29, 1.82) is 0 Å². The molecular weight excluding hydrogens is 290 g/mol. The van der Waals surface area contributed by atoms with Crippen molar-refractivity contribution in [1.82, 2.24) is 15.0 Å². The lowest BCUT2D eigenvalue weighted by atomic mass is 10.1. The van der Waals surface area contributed by atoms with Gasteiger partial charge in [-0.25, -0.2) is 4.68 Å². The summed E-state index contributed by atoms with van der Waals surface area (Å²) in [7, 11) is 0. The van der Waals surface area contributed by atoms with Gasteiger partial charge in [0.25, 0.3) is 5.56 Å². The van der Waals surface area contributed by atoms with Gasteiger partial charge < -0.3 is 4.74 Å². The van der Waals surface area contributed by atoms with Crippen LogP contribution in [0, 0.1) is 13.8 Å². The molecule has 3 aromatic rings. The van der Waals surface area contributed by atoms with Crippen LogP contribution in [0.4, 0.5) is 0 Å². The van der Waals surface area contributed by atoms with Gasteiger partial charge in [-0.15, -0.1) is 5.10 Å². The van der Waals surface area contributed by atoms with Gasteiger partial charge >= 0.3 is 0 Å². The number of fused-ring (bicyclic) bond motifs is 1. The first-order chi connectivity index (χ1) is 11.1. The molecular formula is C18H19N3O2. The molecule has 0 saturated carbocycles. The molecule has 0 radical (unpaired) electrons. The van der Waals surface area contributed by atoms with Crippen LogP contribution in [0.15, 0.2) is 47.3 Å². The Labute approximate surface area is 134 Å². The van der Waals surface area contributed by atoms with E-state index < -0.39 is 0 Å². The zero-order chi connectivity index (χ0) is 16.2. The van der Waals surface area contributed by atoms with E-state index in [4.69, 9.17) is 4.74 Å². The van der Waals surface area contributed by atoms with Gasteiger partial charge in [0.1, 0.15) is 11.3 Å². The number of hydrogen-bond acceptors (Lipinski definition) is 4. The molecule has 0 bridgehead atoms. The van der Waals surface area contributed by atoms with Crippen LogP contribution in [0.25, 0.3) is 10.9 Å². The van der Waals surface area contributed by atoms with E-state index >= 15 is 0 Å². The third-order valence-corrected chi connectivity index (χ3v) is 3.61. The summed E-state index contributed by atoms with van der Waals surface area (Å²) in [5, 5.41) is 8.65. The lowest BCUT2D eigenvalue weighted by Crippen LogP contribution is -2.25. The molecule has 0 aliphatic rings. The standard InChI is InChI=1S/C18H19N3O2/c1-13-10-14(2)12-15(11-13)23-9-5-8-21-18(22)16-6-3-4-7-17(16)19-20-21/h3-4,6-7,10-12H,5,8-9H2,1-2H3. The topological polar surface area (TPSA) is 57.0 Å². The van der Waals surface area contributed by atoms with Gasteiger partial charge in [0.05, 0.1) is 12.0 Å². The Bertz CT molecular complexity index is 867. The average Bonchev–Trinajstić information content (AvgIpc) is 2.53. The third-order valence-electron chi connectivity index (χ3n) is 3.61. The molecule has 0 N–H and O–H groups in total. The van der Waals surface area contributed by atoms with Crippen molar-refractivity contribution in [2.75, 3.05) is 6.61 Å². The minimum absolute atomic E-state index is 0.109. The van der Waals surface area contributed by atoms with Crippen LogP contribution in [0.1, 0.15) is 17.5 Å². The molecule has 2 aromatic carbocycles. The zero-order valence-electron chi connectivity index (χ0n) is 13.3. The second kappa shape index (κ2) is 6.60. The molecule has 5 heteroatoms. The summed E-state index contributed by atoms with van der Waals surface area (Å²) in [6, 6.07) is 13.4. The molecule has 5 nitrogen and oxygen atoms in total. The Hall–Kier alpha value is -2.69. The highest BCUT2D eigenvalue weighted by Crippen LogP contribution is 2.16. The molecule has 0 unspecified atom stereocenters. The lowest BCUT2D eigenvalue weighted by molar-refractivity contribution is 0.295. The Balaban J connectivity index is 1.63. The second-order valence-corrected chi connectivity index (χ2v) is 5.66.